The van der Waals surface area contributed by atoms with Crippen molar-refractivity contribution in [2.45, 2.75) is 26.7 Å². The number of fused-ring (bicyclic) bond motifs is 1. The van der Waals surface area contributed by atoms with Crippen LogP contribution in [0.1, 0.15) is 26.0 Å². The van der Waals surface area contributed by atoms with E-state index in [-0.39, 0.29) is 0 Å². The second kappa shape index (κ2) is 4.31. The summed E-state index contributed by atoms with van der Waals surface area (Å²) in [5, 5.41) is 8.32. The Labute approximate surface area is 97.6 Å². The molecule has 0 fully saturated rings. The number of hydrogen-bond acceptors (Lipinski definition) is 2. The summed E-state index contributed by atoms with van der Waals surface area (Å²) in [5.74, 6) is 0.661. The van der Waals surface area contributed by atoms with E-state index in [2.05, 4.69) is 46.2 Å². The summed E-state index contributed by atoms with van der Waals surface area (Å²) in [7, 11) is 0. The van der Waals surface area contributed by atoms with E-state index in [0.717, 1.165) is 22.1 Å². The van der Waals surface area contributed by atoms with Gasteiger partial charge in [-0.3, -0.25) is 0 Å². The van der Waals surface area contributed by atoms with E-state index >= 15 is 0 Å². The normalized spacial score (nSPS) is 13.3. The first kappa shape index (κ1) is 10.6. The van der Waals surface area contributed by atoms with Gasteiger partial charge in [-0.1, -0.05) is 25.5 Å². The van der Waals surface area contributed by atoms with Gasteiger partial charge in [0, 0.05) is 10.7 Å². The maximum absolute atomic E-state index is 4.22. The highest BCUT2D eigenvalue weighted by Gasteiger charge is 2.09. The zero-order valence-electron chi connectivity index (χ0n) is 8.94. The highest BCUT2D eigenvalue weighted by molar-refractivity contribution is 9.10. The molecular weight excluding hydrogens is 254 g/mol. The van der Waals surface area contributed by atoms with Crippen molar-refractivity contribution >= 4 is 21.4 Å². The third kappa shape index (κ3) is 2.20. The van der Waals surface area contributed by atoms with Crippen molar-refractivity contribution in [3.8, 4) is 0 Å². The summed E-state index contributed by atoms with van der Waals surface area (Å²) >= 11 is 3.42. The van der Waals surface area contributed by atoms with E-state index in [1.807, 2.05) is 16.8 Å². The standard InChI is InChI=1S/C11H14BrN3/c1-3-8(2)6-10-11-5-4-9(12)7-15(11)14-13-10/h4-5,7-8H,3,6H2,1-2H3/t8-/m1/s1. The smallest absolute Gasteiger partial charge is 0.0907 e. The summed E-state index contributed by atoms with van der Waals surface area (Å²) < 4.78 is 2.84. The Hall–Kier alpha value is -0.900. The van der Waals surface area contributed by atoms with Gasteiger partial charge >= 0.3 is 0 Å². The Morgan fingerprint density at radius 3 is 3.00 bits per heavy atom. The molecule has 3 nitrogen and oxygen atoms in total. The topological polar surface area (TPSA) is 30.2 Å². The maximum Gasteiger partial charge on any atom is 0.0907 e. The molecule has 0 aliphatic rings. The molecule has 1 atom stereocenters. The van der Waals surface area contributed by atoms with Crippen molar-refractivity contribution in [1.82, 2.24) is 14.8 Å². The van der Waals surface area contributed by atoms with Crippen molar-refractivity contribution in [2.24, 2.45) is 5.92 Å². The fourth-order valence-electron chi connectivity index (χ4n) is 1.54. The summed E-state index contributed by atoms with van der Waals surface area (Å²) in [6.45, 7) is 4.44. The zero-order valence-corrected chi connectivity index (χ0v) is 10.5. The van der Waals surface area contributed by atoms with E-state index in [1.54, 1.807) is 0 Å². The summed E-state index contributed by atoms with van der Waals surface area (Å²) in [4.78, 5) is 0. The number of nitrogens with zero attached hydrogens (tertiary/aromatic N) is 3. The SMILES string of the molecule is CC[C@@H](C)Cc1nnn2cc(Br)ccc12. The average molecular weight is 268 g/mol. The van der Waals surface area contributed by atoms with Crippen LogP contribution in [-0.4, -0.2) is 14.8 Å². The molecule has 0 spiro atoms. The summed E-state index contributed by atoms with van der Waals surface area (Å²) in [6, 6.07) is 4.08. The Kier molecular flexibility index (Phi) is 3.05. The van der Waals surface area contributed by atoms with E-state index in [4.69, 9.17) is 0 Å². The third-order valence-corrected chi connectivity index (χ3v) is 3.16. The molecule has 0 unspecified atom stereocenters. The van der Waals surface area contributed by atoms with Gasteiger partial charge in [-0.05, 0) is 40.4 Å². The monoisotopic (exact) mass is 267 g/mol. The average Bonchev–Trinajstić information content (AvgIpc) is 2.60. The molecule has 0 radical (unpaired) electrons. The zero-order chi connectivity index (χ0) is 10.8. The minimum atomic E-state index is 0.661. The molecule has 2 rings (SSSR count). The van der Waals surface area contributed by atoms with Gasteiger partial charge in [-0.2, -0.15) is 0 Å². The van der Waals surface area contributed by atoms with Crippen molar-refractivity contribution in [3.63, 3.8) is 0 Å². The molecule has 80 valence electrons. The van der Waals surface area contributed by atoms with Gasteiger partial charge in [0.25, 0.3) is 0 Å². The molecule has 0 aliphatic heterocycles. The minimum absolute atomic E-state index is 0.661. The molecule has 2 heterocycles. The molecule has 0 saturated heterocycles. The molecule has 2 aromatic rings. The molecule has 0 N–H and O–H groups in total. The van der Waals surface area contributed by atoms with Crippen LogP contribution in [0.15, 0.2) is 22.8 Å². The van der Waals surface area contributed by atoms with Crippen LogP contribution in [0.25, 0.3) is 5.52 Å². The van der Waals surface area contributed by atoms with Crippen molar-refractivity contribution in [2.75, 3.05) is 0 Å². The van der Waals surface area contributed by atoms with Crippen LogP contribution >= 0.6 is 15.9 Å². The number of aromatic nitrogens is 3. The molecular formula is C11H14BrN3. The first-order valence-corrected chi connectivity index (χ1v) is 5.99. The first-order chi connectivity index (χ1) is 7.20. The van der Waals surface area contributed by atoms with Gasteiger partial charge < -0.3 is 0 Å². The van der Waals surface area contributed by atoms with Crippen LogP contribution in [0.2, 0.25) is 0 Å². The van der Waals surface area contributed by atoms with Crippen molar-refractivity contribution in [3.05, 3.63) is 28.5 Å². The largest absolute Gasteiger partial charge is 0.219 e. The predicted molar refractivity (Wildman–Crippen MR) is 63.8 cm³/mol. The Morgan fingerprint density at radius 2 is 2.27 bits per heavy atom. The molecule has 0 bridgehead atoms. The van der Waals surface area contributed by atoms with Crippen molar-refractivity contribution < 1.29 is 0 Å². The van der Waals surface area contributed by atoms with Gasteiger partial charge in [0.2, 0.25) is 0 Å². The molecule has 4 heteroatoms. The van der Waals surface area contributed by atoms with E-state index in [0.29, 0.717) is 5.92 Å². The van der Waals surface area contributed by atoms with Crippen LogP contribution in [-0.2, 0) is 6.42 Å². The van der Waals surface area contributed by atoms with Crippen LogP contribution < -0.4 is 0 Å². The molecule has 2 aromatic heterocycles. The molecule has 0 amide bonds. The highest BCUT2D eigenvalue weighted by Crippen LogP contribution is 2.17. The number of pyridine rings is 1. The fourth-order valence-corrected chi connectivity index (χ4v) is 1.87. The first-order valence-electron chi connectivity index (χ1n) is 5.20. The van der Waals surface area contributed by atoms with Gasteiger partial charge in [0.05, 0.1) is 11.2 Å². The van der Waals surface area contributed by atoms with Crippen LogP contribution in [0.5, 0.6) is 0 Å². The Balaban J connectivity index is 2.36. The quantitative estimate of drug-likeness (QED) is 0.856. The Bertz CT molecular complexity index is 464. The third-order valence-electron chi connectivity index (χ3n) is 2.69. The highest BCUT2D eigenvalue weighted by atomic mass is 79.9. The van der Waals surface area contributed by atoms with Crippen LogP contribution in [0.4, 0.5) is 0 Å². The predicted octanol–water partition coefficient (Wildman–Crippen LogP) is 3.08. The number of halogens is 1. The lowest BCUT2D eigenvalue weighted by Crippen LogP contribution is -1.98. The maximum atomic E-state index is 4.22. The molecule has 0 aromatic carbocycles. The van der Waals surface area contributed by atoms with E-state index < -0.39 is 0 Å². The molecule has 15 heavy (non-hydrogen) atoms. The number of rotatable bonds is 3. The summed E-state index contributed by atoms with van der Waals surface area (Å²) in [6.07, 6.45) is 4.11. The van der Waals surface area contributed by atoms with Gasteiger partial charge in [0.1, 0.15) is 0 Å². The second-order valence-electron chi connectivity index (χ2n) is 3.93. The van der Waals surface area contributed by atoms with E-state index in [9.17, 15) is 0 Å². The minimum Gasteiger partial charge on any atom is -0.219 e. The fraction of sp³-hybridized carbons (Fsp3) is 0.455. The van der Waals surface area contributed by atoms with Crippen molar-refractivity contribution in [1.29, 1.82) is 0 Å². The molecule has 0 saturated carbocycles. The van der Waals surface area contributed by atoms with E-state index in [1.165, 1.54) is 6.42 Å². The lowest BCUT2D eigenvalue weighted by molar-refractivity contribution is 0.553. The number of hydrogen-bond donors (Lipinski definition) is 0. The molecule has 0 aliphatic carbocycles. The van der Waals surface area contributed by atoms with Gasteiger partial charge in [-0.15, -0.1) is 5.10 Å². The second-order valence-corrected chi connectivity index (χ2v) is 4.85. The Morgan fingerprint density at radius 1 is 1.47 bits per heavy atom. The van der Waals surface area contributed by atoms with Crippen LogP contribution in [0.3, 0.4) is 0 Å². The van der Waals surface area contributed by atoms with Crippen LogP contribution in [0, 0.1) is 5.92 Å². The lowest BCUT2D eigenvalue weighted by Gasteiger charge is -2.04. The lowest BCUT2D eigenvalue weighted by atomic mass is 10.0. The summed E-state index contributed by atoms with van der Waals surface area (Å²) in [5.41, 5.74) is 2.20. The van der Waals surface area contributed by atoms with Gasteiger partial charge in [-0.25, -0.2) is 4.52 Å². The van der Waals surface area contributed by atoms with Gasteiger partial charge in [0.15, 0.2) is 0 Å².